The van der Waals surface area contributed by atoms with E-state index in [-0.39, 0.29) is 18.6 Å². The van der Waals surface area contributed by atoms with Crippen molar-refractivity contribution in [2.75, 3.05) is 6.61 Å². The molecule has 0 aliphatic rings. The molecule has 1 atom stereocenters. The zero-order chi connectivity index (χ0) is 19.9. The summed E-state index contributed by atoms with van der Waals surface area (Å²) in [5.74, 6) is 0.562. The van der Waals surface area contributed by atoms with Crippen LogP contribution >= 0.6 is 11.6 Å². The van der Waals surface area contributed by atoms with Crippen LogP contribution in [0.4, 0.5) is 0 Å². The van der Waals surface area contributed by atoms with Gasteiger partial charge < -0.3 is 9.64 Å². The van der Waals surface area contributed by atoms with E-state index in [4.69, 9.17) is 16.3 Å². The van der Waals surface area contributed by atoms with Gasteiger partial charge in [0.1, 0.15) is 5.75 Å². The fourth-order valence-electron chi connectivity index (χ4n) is 3.00. The lowest BCUT2D eigenvalue weighted by atomic mass is 10.1. The van der Waals surface area contributed by atoms with E-state index in [9.17, 15) is 4.79 Å². The summed E-state index contributed by atoms with van der Waals surface area (Å²) >= 11 is 5.90. The maximum absolute atomic E-state index is 13.0. The third-order valence-corrected chi connectivity index (χ3v) is 4.97. The zero-order valence-corrected chi connectivity index (χ0v) is 16.9. The molecule has 1 unspecified atom stereocenters. The molecule has 3 nitrogen and oxygen atoms in total. The molecule has 0 heterocycles. The first-order valence-electron chi connectivity index (χ1n) is 9.31. The molecule has 4 heteroatoms. The van der Waals surface area contributed by atoms with E-state index in [0.29, 0.717) is 17.3 Å². The van der Waals surface area contributed by atoms with Gasteiger partial charge in [-0.2, -0.15) is 0 Å². The van der Waals surface area contributed by atoms with E-state index >= 15 is 0 Å². The van der Waals surface area contributed by atoms with Gasteiger partial charge in [0.15, 0.2) is 6.61 Å². The molecule has 1 amide bonds. The van der Waals surface area contributed by atoms with Gasteiger partial charge in [-0.15, -0.1) is 0 Å². The third kappa shape index (κ3) is 5.37. The van der Waals surface area contributed by atoms with Gasteiger partial charge in [0.2, 0.25) is 0 Å². The quantitative estimate of drug-likeness (QED) is 0.506. The van der Waals surface area contributed by atoms with Crippen molar-refractivity contribution in [3.8, 4) is 5.75 Å². The maximum Gasteiger partial charge on any atom is 0.261 e. The minimum Gasteiger partial charge on any atom is -0.484 e. The van der Waals surface area contributed by atoms with Crippen LogP contribution in [-0.2, 0) is 11.3 Å². The average Bonchev–Trinajstić information content (AvgIpc) is 2.73. The largest absolute Gasteiger partial charge is 0.484 e. The number of halogens is 1. The highest BCUT2D eigenvalue weighted by Gasteiger charge is 2.22. The van der Waals surface area contributed by atoms with Crippen LogP contribution in [0.2, 0.25) is 5.02 Å². The summed E-state index contributed by atoms with van der Waals surface area (Å²) in [6.45, 7) is 4.60. The van der Waals surface area contributed by atoms with Crippen molar-refractivity contribution in [2.24, 2.45) is 0 Å². The second kappa shape index (κ2) is 9.43. The predicted octanol–water partition coefficient (Wildman–Crippen LogP) is 5.82. The molecule has 0 N–H and O–H groups in total. The van der Waals surface area contributed by atoms with Crippen LogP contribution in [0.1, 0.15) is 29.7 Å². The highest BCUT2D eigenvalue weighted by Crippen LogP contribution is 2.23. The highest BCUT2D eigenvalue weighted by molar-refractivity contribution is 6.30. The summed E-state index contributed by atoms with van der Waals surface area (Å²) in [5, 5.41) is 0.636. The van der Waals surface area contributed by atoms with Crippen LogP contribution in [0.3, 0.4) is 0 Å². The minimum atomic E-state index is -0.0659. The lowest BCUT2D eigenvalue weighted by Crippen LogP contribution is -2.36. The molecule has 3 aromatic rings. The molecule has 3 aromatic carbocycles. The summed E-state index contributed by atoms with van der Waals surface area (Å²) in [4.78, 5) is 14.9. The van der Waals surface area contributed by atoms with E-state index < -0.39 is 0 Å². The first kappa shape index (κ1) is 20.0. The molecular weight excluding hydrogens is 370 g/mol. The molecule has 0 aliphatic carbocycles. The van der Waals surface area contributed by atoms with Crippen LogP contribution in [0.5, 0.6) is 5.75 Å². The fourth-order valence-corrected chi connectivity index (χ4v) is 3.13. The number of amides is 1. The van der Waals surface area contributed by atoms with Gasteiger partial charge in [0.05, 0.1) is 6.04 Å². The Morgan fingerprint density at radius 3 is 2.25 bits per heavy atom. The lowest BCUT2D eigenvalue weighted by molar-refractivity contribution is -0.136. The van der Waals surface area contributed by atoms with E-state index in [0.717, 1.165) is 11.1 Å². The minimum absolute atomic E-state index is 0.0231. The van der Waals surface area contributed by atoms with E-state index in [2.05, 4.69) is 31.2 Å². The Hall–Kier alpha value is -2.78. The molecule has 3 rings (SSSR count). The van der Waals surface area contributed by atoms with Crippen molar-refractivity contribution in [1.82, 2.24) is 4.90 Å². The number of aryl methyl sites for hydroxylation is 1. The molecule has 0 aromatic heterocycles. The van der Waals surface area contributed by atoms with Gasteiger partial charge in [-0.3, -0.25) is 4.79 Å². The third-order valence-electron chi connectivity index (χ3n) is 4.72. The molecule has 0 saturated heterocycles. The van der Waals surface area contributed by atoms with E-state index in [1.54, 1.807) is 24.3 Å². The van der Waals surface area contributed by atoms with Crippen molar-refractivity contribution in [3.63, 3.8) is 0 Å². The van der Waals surface area contributed by atoms with Crippen LogP contribution < -0.4 is 4.74 Å². The van der Waals surface area contributed by atoms with Crippen molar-refractivity contribution >= 4 is 17.5 Å². The number of hydrogen-bond acceptors (Lipinski definition) is 2. The van der Waals surface area contributed by atoms with E-state index in [1.165, 1.54) is 5.56 Å². The average molecular weight is 394 g/mol. The molecule has 0 spiro atoms. The summed E-state index contributed by atoms with van der Waals surface area (Å²) in [6, 6.07) is 25.3. The van der Waals surface area contributed by atoms with Crippen molar-refractivity contribution in [2.45, 2.75) is 26.4 Å². The number of carbonyl (C=O) groups is 1. The van der Waals surface area contributed by atoms with E-state index in [1.807, 2.05) is 42.2 Å². The molecule has 28 heavy (non-hydrogen) atoms. The smallest absolute Gasteiger partial charge is 0.261 e. The Labute approximate surface area is 171 Å². The second-order valence-corrected chi connectivity index (χ2v) is 7.27. The van der Waals surface area contributed by atoms with Crippen molar-refractivity contribution in [3.05, 3.63) is 101 Å². The predicted molar refractivity (Wildman–Crippen MR) is 114 cm³/mol. The number of ether oxygens (including phenoxy) is 1. The molecule has 0 aliphatic heterocycles. The van der Waals surface area contributed by atoms with Gasteiger partial charge in [-0.05, 0) is 49.2 Å². The summed E-state index contributed by atoms with van der Waals surface area (Å²) in [5.41, 5.74) is 3.38. The van der Waals surface area contributed by atoms with Gasteiger partial charge in [0.25, 0.3) is 5.91 Å². The number of nitrogens with zero attached hydrogens (tertiary/aromatic N) is 1. The Balaban J connectivity index is 1.76. The summed E-state index contributed by atoms with van der Waals surface area (Å²) in [6.07, 6.45) is 0. The Bertz CT molecular complexity index is 892. The Morgan fingerprint density at radius 1 is 0.964 bits per heavy atom. The lowest BCUT2D eigenvalue weighted by Gasteiger charge is -2.30. The zero-order valence-electron chi connectivity index (χ0n) is 16.1. The highest BCUT2D eigenvalue weighted by atomic mass is 35.5. The summed E-state index contributed by atoms with van der Waals surface area (Å²) < 4.78 is 5.70. The molecule has 0 saturated carbocycles. The van der Waals surface area contributed by atoms with Gasteiger partial charge in [-0.1, -0.05) is 71.8 Å². The van der Waals surface area contributed by atoms with Crippen molar-refractivity contribution in [1.29, 1.82) is 0 Å². The van der Waals surface area contributed by atoms with Crippen LogP contribution in [0.25, 0.3) is 0 Å². The van der Waals surface area contributed by atoms with Gasteiger partial charge in [0, 0.05) is 11.6 Å². The monoisotopic (exact) mass is 393 g/mol. The molecule has 0 radical (unpaired) electrons. The van der Waals surface area contributed by atoms with Gasteiger partial charge in [-0.25, -0.2) is 0 Å². The molecule has 0 fully saturated rings. The number of rotatable bonds is 7. The normalized spacial score (nSPS) is 11.7. The fraction of sp³-hybridized carbons (Fsp3) is 0.208. The summed E-state index contributed by atoms with van der Waals surface area (Å²) in [7, 11) is 0. The van der Waals surface area contributed by atoms with Crippen molar-refractivity contribution < 1.29 is 9.53 Å². The number of benzene rings is 3. The second-order valence-electron chi connectivity index (χ2n) is 6.84. The number of hydrogen-bond donors (Lipinski definition) is 0. The molecular formula is C24H24ClNO2. The van der Waals surface area contributed by atoms with Crippen LogP contribution in [-0.4, -0.2) is 17.4 Å². The topological polar surface area (TPSA) is 29.5 Å². The number of carbonyl (C=O) groups excluding carboxylic acids is 1. The SMILES string of the molecule is Cc1ccc(CN(C(=O)COc2ccc(Cl)cc2)C(C)c2ccccc2)cc1. The Morgan fingerprint density at radius 2 is 1.61 bits per heavy atom. The molecule has 0 bridgehead atoms. The van der Waals surface area contributed by atoms with Gasteiger partial charge >= 0.3 is 0 Å². The Kier molecular flexibility index (Phi) is 6.72. The first-order chi connectivity index (χ1) is 13.5. The maximum atomic E-state index is 13.0. The molecule has 144 valence electrons. The first-order valence-corrected chi connectivity index (χ1v) is 9.69. The van der Waals surface area contributed by atoms with Crippen LogP contribution in [0.15, 0.2) is 78.9 Å². The van der Waals surface area contributed by atoms with Crippen LogP contribution in [0, 0.1) is 6.92 Å². The standard InChI is InChI=1S/C24H24ClNO2/c1-18-8-10-20(11-9-18)16-26(19(2)21-6-4-3-5-7-21)24(27)17-28-23-14-12-22(25)13-15-23/h3-15,19H,16-17H2,1-2H3.